The average Bonchev–Trinajstić information content (AvgIpc) is 2.46. The molecule has 0 spiro atoms. The lowest BCUT2D eigenvalue weighted by molar-refractivity contribution is 0.795. The van der Waals surface area contributed by atoms with Crippen molar-refractivity contribution in [2.24, 2.45) is 0 Å². The van der Waals surface area contributed by atoms with E-state index in [1.54, 1.807) is 6.20 Å². The second-order valence-electron chi connectivity index (χ2n) is 5.10. The summed E-state index contributed by atoms with van der Waals surface area (Å²) in [7, 11) is 0. The zero-order chi connectivity index (χ0) is 15.1. The number of nitrogens with zero attached hydrogens (tertiary/aromatic N) is 1. The van der Waals surface area contributed by atoms with Crippen molar-refractivity contribution >= 4 is 28.8 Å². The third-order valence-corrected chi connectivity index (χ3v) is 3.39. The number of pyridine rings is 1. The molecular formula is C17H21N3S. The van der Waals surface area contributed by atoms with Crippen LogP contribution in [-0.4, -0.2) is 10.1 Å². The molecule has 4 heteroatoms. The topological polar surface area (TPSA) is 37.0 Å². The van der Waals surface area contributed by atoms with Crippen LogP contribution in [0.2, 0.25) is 0 Å². The maximum atomic E-state index is 5.30. The van der Waals surface area contributed by atoms with E-state index in [9.17, 15) is 0 Å². The molecule has 3 nitrogen and oxygen atoms in total. The van der Waals surface area contributed by atoms with Gasteiger partial charge in [-0.3, -0.25) is 0 Å². The predicted molar refractivity (Wildman–Crippen MR) is 93.9 cm³/mol. The molecule has 21 heavy (non-hydrogen) atoms. The largest absolute Gasteiger partial charge is 0.332 e. The van der Waals surface area contributed by atoms with Crippen molar-refractivity contribution in [2.75, 3.05) is 10.6 Å². The highest BCUT2D eigenvalue weighted by molar-refractivity contribution is 7.80. The maximum absolute atomic E-state index is 5.30. The highest BCUT2D eigenvalue weighted by atomic mass is 32.1. The lowest BCUT2D eigenvalue weighted by Crippen LogP contribution is -2.19. The Bertz CT molecular complexity index is 593. The Hall–Kier alpha value is -1.94. The summed E-state index contributed by atoms with van der Waals surface area (Å²) >= 11 is 5.30. The van der Waals surface area contributed by atoms with Crippen LogP contribution in [0, 0.1) is 6.92 Å². The Balaban J connectivity index is 1.90. The van der Waals surface area contributed by atoms with Gasteiger partial charge >= 0.3 is 0 Å². The Morgan fingerprint density at radius 3 is 2.57 bits per heavy atom. The molecule has 0 unspecified atom stereocenters. The van der Waals surface area contributed by atoms with Crippen molar-refractivity contribution in [3.8, 4) is 0 Å². The minimum Gasteiger partial charge on any atom is -0.332 e. The van der Waals surface area contributed by atoms with Crippen molar-refractivity contribution < 1.29 is 0 Å². The smallest absolute Gasteiger partial charge is 0.176 e. The molecule has 1 aromatic carbocycles. The molecule has 0 bridgehead atoms. The molecule has 0 aliphatic heterocycles. The van der Waals surface area contributed by atoms with Gasteiger partial charge in [0.1, 0.15) is 5.82 Å². The van der Waals surface area contributed by atoms with E-state index in [4.69, 9.17) is 12.2 Å². The van der Waals surface area contributed by atoms with E-state index in [0.717, 1.165) is 23.5 Å². The SMILES string of the molecule is CCCCc1ccc(NC(=S)Nc2cc(C)ccn2)cc1. The molecule has 0 fully saturated rings. The average molecular weight is 299 g/mol. The van der Waals surface area contributed by atoms with E-state index >= 15 is 0 Å². The van der Waals surface area contributed by atoms with Gasteiger partial charge in [-0.1, -0.05) is 25.5 Å². The number of hydrogen-bond donors (Lipinski definition) is 2. The summed E-state index contributed by atoms with van der Waals surface area (Å²) in [6.07, 6.45) is 5.35. The number of unbranched alkanes of at least 4 members (excludes halogenated alkanes) is 1. The summed E-state index contributed by atoms with van der Waals surface area (Å²) in [4.78, 5) is 4.23. The zero-order valence-electron chi connectivity index (χ0n) is 12.5. The van der Waals surface area contributed by atoms with E-state index in [2.05, 4.69) is 46.8 Å². The second kappa shape index (κ2) is 7.74. The van der Waals surface area contributed by atoms with Crippen molar-refractivity contribution in [1.29, 1.82) is 0 Å². The van der Waals surface area contributed by atoms with Gasteiger partial charge in [0, 0.05) is 11.9 Å². The van der Waals surface area contributed by atoms with Crippen molar-refractivity contribution in [3.63, 3.8) is 0 Å². The van der Waals surface area contributed by atoms with Gasteiger partial charge in [0.05, 0.1) is 0 Å². The lowest BCUT2D eigenvalue weighted by atomic mass is 10.1. The molecule has 0 aliphatic carbocycles. The maximum Gasteiger partial charge on any atom is 0.176 e. The monoisotopic (exact) mass is 299 g/mol. The zero-order valence-corrected chi connectivity index (χ0v) is 13.3. The van der Waals surface area contributed by atoms with Gasteiger partial charge in [-0.2, -0.15) is 0 Å². The Morgan fingerprint density at radius 2 is 1.90 bits per heavy atom. The number of hydrogen-bond acceptors (Lipinski definition) is 2. The molecule has 0 saturated heterocycles. The number of benzene rings is 1. The fourth-order valence-electron chi connectivity index (χ4n) is 2.02. The third kappa shape index (κ3) is 5.16. The van der Waals surface area contributed by atoms with Gasteiger partial charge in [0.2, 0.25) is 0 Å². The lowest BCUT2D eigenvalue weighted by Gasteiger charge is -2.10. The summed E-state index contributed by atoms with van der Waals surface area (Å²) in [5, 5.41) is 6.81. The first-order valence-electron chi connectivity index (χ1n) is 7.27. The molecule has 0 radical (unpaired) electrons. The van der Waals surface area contributed by atoms with E-state index in [-0.39, 0.29) is 0 Å². The molecule has 110 valence electrons. The molecule has 0 aliphatic rings. The molecular weight excluding hydrogens is 278 g/mol. The van der Waals surface area contributed by atoms with Crippen LogP contribution >= 0.6 is 12.2 Å². The summed E-state index contributed by atoms with van der Waals surface area (Å²) in [5.41, 5.74) is 3.50. The van der Waals surface area contributed by atoms with Crippen LogP contribution in [-0.2, 0) is 6.42 Å². The number of thiocarbonyl (C=S) groups is 1. The van der Waals surface area contributed by atoms with Crippen LogP contribution in [0.1, 0.15) is 30.9 Å². The van der Waals surface area contributed by atoms with E-state index in [1.165, 1.54) is 18.4 Å². The normalized spacial score (nSPS) is 10.2. The third-order valence-electron chi connectivity index (χ3n) is 3.19. The number of aryl methyl sites for hydroxylation is 2. The summed E-state index contributed by atoms with van der Waals surface area (Å²) in [6, 6.07) is 12.3. The van der Waals surface area contributed by atoms with Crippen LogP contribution < -0.4 is 10.6 Å². The molecule has 1 heterocycles. The molecule has 2 aromatic rings. The van der Waals surface area contributed by atoms with Crippen LogP contribution in [0.15, 0.2) is 42.6 Å². The van der Waals surface area contributed by atoms with Crippen molar-refractivity contribution in [1.82, 2.24) is 4.98 Å². The fourth-order valence-corrected chi connectivity index (χ4v) is 2.24. The Kier molecular flexibility index (Phi) is 5.69. The molecule has 2 rings (SSSR count). The fraction of sp³-hybridized carbons (Fsp3) is 0.294. The first kappa shape index (κ1) is 15.4. The van der Waals surface area contributed by atoms with Crippen LogP contribution in [0.5, 0.6) is 0 Å². The number of nitrogens with one attached hydrogen (secondary N) is 2. The number of aromatic nitrogens is 1. The summed E-state index contributed by atoms with van der Waals surface area (Å²) in [5.74, 6) is 0.757. The van der Waals surface area contributed by atoms with Gasteiger partial charge in [-0.15, -0.1) is 0 Å². The van der Waals surface area contributed by atoms with E-state index in [0.29, 0.717) is 5.11 Å². The first-order chi connectivity index (χ1) is 10.2. The minimum atomic E-state index is 0.550. The van der Waals surface area contributed by atoms with Crippen LogP contribution in [0.4, 0.5) is 11.5 Å². The standard InChI is InChI=1S/C17H21N3S/c1-3-4-5-14-6-8-15(9-7-14)19-17(21)20-16-12-13(2)10-11-18-16/h6-12H,3-5H2,1-2H3,(H2,18,19,20,21). The van der Waals surface area contributed by atoms with Gasteiger partial charge < -0.3 is 10.6 Å². The van der Waals surface area contributed by atoms with Crippen molar-refractivity contribution in [2.45, 2.75) is 33.1 Å². The first-order valence-corrected chi connectivity index (χ1v) is 7.68. The molecule has 2 N–H and O–H groups in total. The summed E-state index contributed by atoms with van der Waals surface area (Å²) in [6.45, 7) is 4.23. The molecule has 0 saturated carbocycles. The van der Waals surface area contributed by atoms with E-state index < -0.39 is 0 Å². The van der Waals surface area contributed by atoms with Crippen LogP contribution in [0.25, 0.3) is 0 Å². The highest BCUT2D eigenvalue weighted by Gasteiger charge is 2.00. The number of rotatable bonds is 5. The Morgan fingerprint density at radius 1 is 1.14 bits per heavy atom. The molecule has 0 amide bonds. The Labute approximate surface area is 131 Å². The van der Waals surface area contributed by atoms with Crippen molar-refractivity contribution in [3.05, 3.63) is 53.7 Å². The van der Waals surface area contributed by atoms with Gasteiger partial charge in [-0.25, -0.2) is 4.98 Å². The highest BCUT2D eigenvalue weighted by Crippen LogP contribution is 2.13. The number of anilines is 2. The predicted octanol–water partition coefficient (Wildman–Crippen LogP) is 4.54. The van der Waals surface area contributed by atoms with Gasteiger partial charge in [-0.05, 0) is 67.4 Å². The molecule has 0 atom stereocenters. The second-order valence-corrected chi connectivity index (χ2v) is 5.51. The molecule has 1 aromatic heterocycles. The summed E-state index contributed by atoms with van der Waals surface area (Å²) < 4.78 is 0. The van der Waals surface area contributed by atoms with Gasteiger partial charge in [0.25, 0.3) is 0 Å². The quantitative estimate of drug-likeness (QED) is 0.795. The minimum absolute atomic E-state index is 0.550. The van der Waals surface area contributed by atoms with Crippen LogP contribution in [0.3, 0.4) is 0 Å². The van der Waals surface area contributed by atoms with Gasteiger partial charge in [0.15, 0.2) is 5.11 Å². The van der Waals surface area contributed by atoms with E-state index in [1.807, 2.05) is 19.1 Å².